The molecule has 1 amide bonds. The predicted octanol–water partition coefficient (Wildman–Crippen LogP) is 2.81. The van der Waals surface area contributed by atoms with Crippen LogP contribution in [0.25, 0.3) is 0 Å². The number of non-ortho nitro benzene ring substituents is 1. The molecule has 1 aliphatic rings. The molecule has 124 valence electrons. The normalized spacial score (nSPS) is 17.7. The number of piperidine rings is 1. The van der Waals surface area contributed by atoms with Crippen molar-refractivity contribution >= 4 is 29.2 Å². The highest BCUT2D eigenvalue weighted by atomic mass is 35.5. The molecule has 0 radical (unpaired) electrons. The molecule has 1 aromatic rings. The summed E-state index contributed by atoms with van der Waals surface area (Å²) in [5.41, 5.74) is 0.0327. The van der Waals surface area contributed by atoms with Crippen molar-refractivity contribution in [2.45, 2.75) is 31.7 Å². The first kappa shape index (κ1) is 17.2. The summed E-state index contributed by atoms with van der Waals surface area (Å²) < 4.78 is 4.67. The molecule has 0 bridgehead atoms. The summed E-state index contributed by atoms with van der Waals surface area (Å²) in [5, 5.41) is 10.8. The number of carbonyl (C=O) groups excluding carboxylic acids is 2. The fourth-order valence-electron chi connectivity index (χ4n) is 2.70. The number of amides is 1. The molecule has 1 saturated heterocycles. The van der Waals surface area contributed by atoms with Crippen LogP contribution in [0, 0.1) is 10.1 Å². The Hall–Kier alpha value is -2.15. The summed E-state index contributed by atoms with van der Waals surface area (Å²) in [4.78, 5) is 36.0. The number of carbonyl (C=O) groups is 2. The van der Waals surface area contributed by atoms with Crippen molar-refractivity contribution < 1.29 is 19.2 Å². The molecule has 2 rings (SSSR count). The third-order valence-corrected chi connectivity index (χ3v) is 4.22. The molecule has 23 heavy (non-hydrogen) atoms. The number of nitrogens with zero attached hydrogens (tertiary/aromatic N) is 2. The fraction of sp³-hybridized carbons (Fsp3) is 0.467. The van der Waals surface area contributed by atoms with E-state index in [2.05, 4.69) is 4.74 Å². The van der Waals surface area contributed by atoms with Crippen LogP contribution in [0.1, 0.15) is 36.0 Å². The molecular formula is C15H17ClN2O5. The van der Waals surface area contributed by atoms with E-state index >= 15 is 0 Å². The van der Waals surface area contributed by atoms with Gasteiger partial charge in [-0.3, -0.25) is 19.7 Å². The van der Waals surface area contributed by atoms with Crippen LogP contribution in [0.2, 0.25) is 5.02 Å². The van der Waals surface area contributed by atoms with E-state index in [1.54, 1.807) is 4.90 Å². The quantitative estimate of drug-likeness (QED) is 0.477. The van der Waals surface area contributed by atoms with Crippen molar-refractivity contribution in [3.8, 4) is 0 Å². The average Bonchev–Trinajstić information content (AvgIpc) is 2.54. The number of benzene rings is 1. The van der Waals surface area contributed by atoms with E-state index < -0.39 is 4.92 Å². The molecule has 1 fully saturated rings. The Labute approximate surface area is 138 Å². The monoisotopic (exact) mass is 340 g/mol. The van der Waals surface area contributed by atoms with Crippen molar-refractivity contribution in [1.82, 2.24) is 4.90 Å². The smallest absolute Gasteiger partial charge is 0.307 e. The van der Waals surface area contributed by atoms with Gasteiger partial charge in [-0.25, -0.2) is 0 Å². The molecule has 0 saturated carbocycles. The number of esters is 1. The maximum Gasteiger partial charge on any atom is 0.307 e. The van der Waals surface area contributed by atoms with E-state index in [4.69, 9.17) is 11.6 Å². The van der Waals surface area contributed by atoms with Gasteiger partial charge in [0.2, 0.25) is 0 Å². The molecule has 1 atom stereocenters. The Balaban J connectivity index is 2.23. The Morgan fingerprint density at radius 1 is 1.43 bits per heavy atom. The lowest BCUT2D eigenvalue weighted by Gasteiger charge is -2.35. The van der Waals surface area contributed by atoms with E-state index in [9.17, 15) is 19.7 Å². The number of ether oxygens (including phenoxy) is 1. The highest BCUT2D eigenvalue weighted by Gasteiger charge is 2.30. The van der Waals surface area contributed by atoms with Crippen molar-refractivity contribution in [2.75, 3.05) is 13.7 Å². The highest BCUT2D eigenvalue weighted by molar-refractivity contribution is 6.34. The van der Waals surface area contributed by atoms with E-state index in [0.717, 1.165) is 18.9 Å². The number of likely N-dealkylation sites (tertiary alicyclic amines) is 1. The maximum absolute atomic E-state index is 12.7. The van der Waals surface area contributed by atoms with E-state index in [1.165, 1.54) is 19.2 Å². The van der Waals surface area contributed by atoms with Crippen LogP contribution in [-0.4, -0.2) is 41.4 Å². The third kappa shape index (κ3) is 3.98. The fourth-order valence-corrected chi connectivity index (χ4v) is 2.96. The molecule has 1 aromatic carbocycles. The van der Waals surface area contributed by atoms with E-state index in [0.29, 0.717) is 13.0 Å². The Morgan fingerprint density at radius 3 is 2.78 bits per heavy atom. The van der Waals surface area contributed by atoms with Crippen molar-refractivity contribution in [3.05, 3.63) is 38.9 Å². The van der Waals surface area contributed by atoms with Crippen molar-refractivity contribution in [1.29, 1.82) is 0 Å². The molecule has 0 aliphatic carbocycles. The van der Waals surface area contributed by atoms with Crippen LogP contribution in [0.15, 0.2) is 18.2 Å². The summed E-state index contributed by atoms with van der Waals surface area (Å²) >= 11 is 6.02. The Kier molecular flexibility index (Phi) is 5.54. The van der Waals surface area contributed by atoms with Crippen molar-refractivity contribution in [3.63, 3.8) is 0 Å². The molecule has 1 unspecified atom stereocenters. The second kappa shape index (κ2) is 7.41. The standard InChI is InChI=1S/C15H17ClN2O5/c1-23-14(19)9-10-4-2-3-7-17(10)15(20)12-6-5-11(18(21)22)8-13(12)16/h5-6,8,10H,2-4,7,9H2,1H3. The number of nitro benzene ring substituents is 1. The first-order valence-electron chi connectivity index (χ1n) is 7.25. The summed E-state index contributed by atoms with van der Waals surface area (Å²) in [6.45, 7) is 0.522. The van der Waals surface area contributed by atoms with E-state index in [-0.39, 0.29) is 40.6 Å². The van der Waals surface area contributed by atoms with Gasteiger partial charge in [0.15, 0.2) is 0 Å². The zero-order chi connectivity index (χ0) is 17.0. The van der Waals surface area contributed by atoms with Crippen LogP contribution in [-0.2, 0) is 9.53 Å². The average molecular weight is 341 g/mol. The number of methoxy groups -OCH3 is 1. The van der Waals surface area contributed by atoms with Gasteiger partial charge in [-0.2, -0.15) is 0 Å². The Bertz CT molecular complexity index is 634. The van der Waals surface area contributed by atoms with Crippen LogP contribution in [0.4, 0.5) is 5.69 Å². The van der Waals surface area contributed by atoms with Crippen molar-refractivity contribution in [2.24, 2.45) is 0 Å². The van der Waals surface area contributed by atoms with Gasteiger partial charge >= 0.3 is 5.97 Å². The number of hydrogen-bond acceptors (Lipinski definition) is 5. The molecule has 1 heterocycles. The van der Waals surface area contributed by atoms with Crippen LogP contribution < -0.4 is 0 Å². The van der Waals surface area contributed by atoms with Gasteiger partial charge in [-0.15, -0.1) is 0 Å². The highest BCUT2D eigenvalue weighted by Crippen LogP contribution is 2.27. The lowest BCUT2D eigenvalue weighted by Crippen LogP contribution is -2.45. The summed E-state index contributed by atoms with van der Waals surface area (Å²) in [6, 6.07) is 3.52. The number of nitro groups is 1. The van der Waals surface area contributed by atoms with Gasteiger partial charge in [0.25, 0.3) is 11.6 Å². The summed E-state index contributed by atoms with van der Waals surface area (Å²) in [7, 11) is 1.31. The summed E-state index contributed by atoms with van der Waals surface area (Å²) in [5.74, 6) is -0.692. The summed E-state index contributed by atoms with van der Waals surface area (Å²) in [6.07, 6.45) is 2.62. The maximum atomic E-state index is 12.7. The Morgan fingerprint density at radius 2 is 2.17 bits per heavy atom. The van der Waals surface area contributed by atoms with Gasteiger partial charge < -0.3 is 9.64 Å². The largest absolute Gasteiger partial charge is 0.469 e. The number of rotatable bonds is 4. The molecule has 8 heteroatoms. The third-order valence-electron chi connectivity index (χ3n) is 3.91. The predicted molar refractivity (Wildman–Crippen MR) is 83.4 cm³/mol. The van der Waals surface area contributed by atoms with E-state index in [1.807, 2.05) is 0 Å². The lowest BCUT2D eigenvalue weighted by atomic mass is 9.98. The molecule has 1 aliphatic heterocycles. The topological polar surface area (TPSA) is 89.8 Å². The van der Waals surface area contributed by atoms with Gasteiger partial charge in [0.1, 0.15) is 0 Å². The lowest BCUT2D eigenvalue weighted by molar-refractivity contribution is -0.384. The molecule has 0 N–H and O–H groups in total. The van der Waals surface area contributed by atoms with Crippen LogP contribution in [0.3, 0.4) is 0 Å². The second-order valence-corrected chi connectivity index (χ2v) is 5.76. The first-order valence-corrected chi connectivity index (χ1v) is 7.63. The molecule has 7 nitrogen and oxygen atoms in total. The van der Waals surface area contributed by atoms with Crippen LogP contribution in [0.5, 0.6) is 0 Å². The minimum Gasteiger partial charge on any atom is -0.469 e. The molecule has 0 aromatic heterocycles. The minimum atomic E-state index is -0.568. The van der Waals surface area contributed by atoms with Crippen LogP contribution >= 0.6 is 11.6 Å². The van der Waals surface area contributed by atoms with Gasteiger partial charge in [0, 0.05) is 24.7 Å². The molecular weight excluding hydrogens is 324 g/mol. The van der Waals surface area contributed by atoms with Gasteiger partial charge in [0.05, 0.1) is 29.0 Å². The zero-order valence-corrected chi connectivity index (χ0v) is 13.4. The zero-order valence-electron chi connectivity index (χ0n) is 12.7. The molecule has 0 spiro atoms. The van der Waals surface area contributed by atoms with Gasteiger partial charge in [-0.1, -0.05) is 11.6 Å². The van der Waals surface area contributed by atoms with Gasteiger partial charge in [-0.05, 0) is 25.3 Å². The second-order valence-electron chi connectivity index (χ2n) is 5.35. The SMILES string of the molecule is COC(=O)CC1CCCCN1C(=O)c1ccc([N+](=O)[O-])cc1Cl. The first-order chi connectivity index (χ1) is 10.9. The number of hydrogen-bond donors (Lipinski definition) is 0. The number of halogens is 1. The minimum absolute atomic E-state index is 0.0339.